The first-order valence-corrected chi connectivity index (χ1v) is 10.6. The first kappa shape index (κ1) is 20.1. The van der Waals surface area contributed by atoms with Crippen LogP contribution in [0.2, 0.25) is 0 Å². The van der Waals surface area contributed by atoms with Gasteiger partial charge in [0.05, 0.1) is 23.4 Å². The van der Waals surface area contributed by atoms with Crippen molar-refractivity contribution in [3.8, 4) is 17.1 Å². The largest absolute Gasteiger partial charge is 0.508 e. The monoisotopic (exact) mass is 437 g/mol. The second-order valence-electron chi connectivity index (χ2n) is 8.47. The van der Waals surface area contributed by atoms with E-state index in [0.717, 1.165) is 33.4 Å². The van der Waals surface area contributed by atoms with E-state index >= 15 is 0 Å². The standard InChI is InChI=1S/C23H23N3O4S/c1-4-23(29)16-8-18-20-12(9-26(18)21(31)15(16)11-30-22(23)28)7-13-14(10-25(2)3)19(27)6-5-17(13)24-20/h5-8,27,29H,4,9-11H2,1-3H3/t23-/m0/s1. The van der Waals surface area contributed by atoms with E-state index in [4.69, 9.17) is 21.9 Å². The number of nitrogens with zero attached hydrogens (tertiary/aromatic N) is 3. The van der Waals surface area contributed by atoms with Crippen LogP contribution < -0.4 is 0 Å². The highest BCUT2D eigenvalue weighted by Gasteiger charge is 2.44. The third-order valence-corrected chi connectivity index (χ3v) is 6.72. The molecule has 0 bridgehead atoms. The minimum Gasteiger partial charge on any atom is -0.508 e. The van der Waals surface area contributed by atoms with E-state index in [2.05, 4.69) is 6.07 Å². The quantitative estimate of drug-likeness (QED) is 0.376. The number of aliphatic hydroxyl groups is 1. The number of pyridine rings is 2. The van der Waals surface area contributed by atoms with Crippen LogP contribution in [0.4, 0.5) is 0 Å². The Labute approximate surface area is 184 Å². The summed E-state index contributed by atoms with van der Waals surface area (Å²) in [4.78, 5) is 19.2. The van der Waals surface area contributed by atoms with Crippen LogP contribution in [0.1, 0.15) is 35.6 Å². The topological polar surface area (TPSA) is 87.8 Å². The van der Waals surface area contributed by atoms with Crippen molar-refractivity contribution in [2.75, 3.05) is 14.1 Å². The third-order valence-electron chi connectivity index (χ3n) is 6.25. The first-order chi connectivity index (χ1) is 14.7. The molecule has 0 saturated heterocycles. The number of phenols is 1. The summed E-state index contributed by atoms with van der Waals surface area (Å²) in [5.41, 5.74) is 3.62. The second-order valence-corrected chi connectivity index (χ2v) is 8.85. The summed E-state index contributed by atoms with van der Waals surface area (Å²) in [6.07, 6.45) is 0.197. The van der Waals surface area contributed by atoms with Gasteiger partial charge in [-0.05, 0) is 44.8 Å². The predicted octanol–water partition coefficient (Wildman–Crippen LogP) is 3.22. The SMILES string of the molecule is CC[C@@]1(O)C(=O)OCc2c1cc1n(c2=S)Cc2cc3c(CN(C)C)c(O)ccc3nc2-1. The molecule has 1 aromatic carbocycles. The predicted molar refractivity (Wildman–Crippen MR) is 118 cm³/mol. The van der Waals surface area contributed by atoms with E-state index in [1.165, 1.54) is 0 Å². The van der Waals surface area contributed by atoms with Crippen molar-refractivity contribution >= 4 is 29.1 Å². The Bertz CT molecular complexity index is 1330. The van der Waals surface area contributed by atoms with Gasteiger partial charge in [-0.15, -0.1) is 0 Å². The lowest BCUT2D eigenvalue weighted by Gasteiger charge is -2.32. The average Bonchev–Trinajstić information content (AvgIpc) is 3.10. The van der Waals surface area contributed by atoms with E-state index < -0.39 is 11.6 Å². The molecule has 1 atom stereocenters. The van der Waals surface area contributed by atoms with Crippen molar-refractivity contribution < 1.29 is 19.7 Å². The van der Waals surface area contributed by atoms with Gasteiger partial charge >= 0.3 is 5.97 Å². The first-order valence-electron chi connectivity index (χ1n) is 10.2. The molecule has 2 aliphatic rings. The Balaban J connectivity index is 1.75. The molecule has 31 heavy (non-hydrogen) atoms. The molecule has 4 heterocycles. The molecule has 2 aliphatic heterocycles. The summed E-state index contributed by atoms with van der Waals surface area (Å²) in [7, 11) is 3.91. The maximum atomic E-state index is 12.3. The maximum absolute atomic E-state index is 12.3. The summed E-state index contributed by atoms with van der Waals surface area (Å²) in [6, 6.07) is 7.37. The fraction of sp³-hybridized carbons (Fsp3) is 0.348. The molecule has 0 unspecified atom stereocenters. The molecule has 8 heteroatoms. The highest BCUT2D eigenvalue weighted by molar-refractivity contribution is 7.71. The van der Waals surface area contributed by atoms with Crippen LogP contribution in [0, 0.1) is 4.64 Å². The van der Waals surface area contributed by atoms with Crippen LogP contribution in [0.5, 0.6) is 5.75 Å². The number of phenolic OH excluding ortho intramolecular Hbond substituents is 1. The zero-order chi connectivity index (χ0) is 22.1. The van der Waals surface area contributed by atoms with Gasteiger partial charge in [0.25, 0.3) is 0 Å². The maximum Gasteiger partial charge on any atom is 0.343 e. The number of fused-ring (bicyclic) bond motifs is 5. The molecule has 5 rings (SSSR count). The average molecular weight is 438 g/mol. The minimum absolute atomic E-state index is 0.0577. The lowest BCUT2D eigenvalue weighted by atomic mass is 9.86. The highest BCUT2D eigenvalue weighted by atomic mass is 32.1. The summed E-state index contributed by atoms with van der Waals surface area (Å²) in [6.45, 7) is 2.93. The van der Waals surface area contributed by atoms with Crippen LogP contribution in [-0.2, 0) is 34.8 Å². The van der Waals surface area contributed by atoms with Crippen molar-refractivity contribution in [2.45, 2.75) is 38.6 Å². The van der Waals surface area contributed by atoms with Gasteiger partial charge in [-0.2, -0.15) is 0 Å². The third kappa shape index (κ3) is 2.82. The number of hydrogen-bond donors (Lipinski definition) is 2. The van der Waals surface area contributed by atoms with Crippen LogP contribution >= 0.6 is 12.2 Å². The molecule has 3 aromatic rings. The van der Waals surface area contributed by atoms with E-state index in [1.54, 1.807) is 19.1 Å². The fourth-order valence-corrected chi connectivity index (χ4v) is 4.91. The number of esters is 1. The minimum atomic E-state index is -1.71. The van der Waals surface area contributed by atoms with Gasteiger partial charge in [0.2, 0.25) is 0 Å². The molecule has 2 aromatic heterocycles. The molecule has 7 nitrogen and oxygen atoms in total. The smallest absolute Gasteiger partial charge is 0.343 e. The Kier molecular flexibility index (Phi) is 4.44. The zero-order valence-electron chi connectivity index (χ0n) is 17.6. The van der Waals surface area contributed by atoms with E-state index in [0.29, 0.717) is 28.9 Å². The summed E-state index contributed by atoms with van der Waals surface area (Å²) >= 11 is 5.74. The van der Waals surface area contributed by atoms with Crippen molar-refractivity contribution in [3.63, 3.8) is 0 Å². The highest BCUT2D eigenvalue weighted by Crippen LogP contribution is 2.41. The van der Waals surface area contributed by atoms with E-state index in [-0.39, 0.29) is 18.8 Å². The molecule has 0 spiro atoms. The second kappa shape index (κ2) is 6.85. The molecule has 0 fully saturated rings. The Morgan fingerprint density at radius 2 is 2.10 bits per heavy atom. The number of ether oxygens (including phenoxy) is 1. The van der Waals surface area contributed by atoms with Gasteiger partial charge in [0.15, 0.2) is 5.60 Å². The molecular formula is C23H23N3O4S. The van der Waals surface area contributed by atoms with Gasteiger partial charge in [-0.25, -0.2) is 9.78 Å². The Hall–Kier alpha value is -2.81. The molecule has 0 amide bonds. The molecular weight excluding hydrogens is 414 g/mol. The number of aromatic hydroxyl groups is 1. The van der Waals surface area contributed by atoms with Gasteiger partial charge in [-0.1, -0.05) is 19.1 Å². The van der Waals surface area contributed by atoms with E-state index in [9.17, 15) is 15.0 Å². The zero-order valence-corrected chi connectivity index (χ0v) is 18.4. The Morgan fingerprint density at radius 1 is 1.32 bits per heavy atom. The number of cyclic esters (lactones) is 1. The number of benzene rings is 1. The molecule has 0 radical (unpaired) electrons. The van der Waals surface area contributed by atoms with Crippen molar-refractivity contribution in [2.24, 2.45) is 0 Å². The summed E-state index contributed by atoms with van der Waals surface area (Å²) in [5.74, 6) is -0.399. The molecule has 0 saturated carbocycles. The lowest BCUT2D eigenvalue weighted by Crippen LogP contribution is -2.41. The van der Waals surface area contributed by atoms with Crippen LogP contribution in [0.15, 0.2) is 24.3 Å². The molecule has 0 aliphatic carbocycles. The van der Waals surface area contributed by atoms with Gasteiger partial charge in [-0.3, -0.25) is 0 Å². The number of carbonyl (C=O) groups is 1. The van der Waals surface area contributed by atoms with E-state index in [1.807, 2.05) is 29.6 Å². The van der Waals surface area contributed by atoms with Crippen molar-refractivity contribution in [3.05, 3.63) is 51.2 Å². The number of aromatic nitrogens is 2. The number of hydrogen-bond acceptors (Lipinski definition) is 7. The molecule has 160 valence electrons. The van der Waals surface area contributed by atoms with Gasteiger partial charge < -0.3 is 24.4 Å². The van der Waals surface area contributed by atoms with Crippen LogP contribution in [0.25, 0.3) is 22.3 Å². The van der Waals surface area contributed by atoms with Gasteiger partial charge in [0, 0.05) is 34.2 Å². The summed E-state index contributed by atoms with van der Waals surface area (Å²) < 4.78 is 7.76. The van der Waals surface area contributed by atoms with Crippen LogP contribution in [-0.4, -0.2) is 44.7 Å². The number of rotatable bonds is 3. The lowest BCUT2D eigenvalue weighted by molar-refractivity contribution is -0.172. The van der Waals surface area contributed by atoms with Gasteiger partial charge in [0.1, 0.15) is 17.0 Å². The summed E-state index contributed by atoms with van der Waals surface area (Å²) in [5, 5.41) is 22.4. The van der Waals surface area contributed by atoms with Crippen molar-refractivity contribution in [1.82, 2.24) is 14.5 Å². The normalized spacial score (nSPS) is 19.3. The Morgan fingerprint density at radius 3 is 2.81 bits per heavy atom. The number of carbonyl (C=O) groups excluding carboxylic acids is 1. The van der Waals surface area contributed by atoms with Crippen LogP contribution in [0.3, 0.4) is 0 Å². The molecule has 2 N–H and O–H groups in total. The fourth-order valence-electron chi connectivity index (χ4n) is 4.58. The van der Waals surface area contributed by atoms with Crippen molar-refractivity contribution in [1.29, 1.82) is 0 Å².